The van der Waals surface area contributed by atoms with Crippen molar-refractivity contribution < 1.29 is 0 Å². The van der Waals surface area contributed by atoms with Gasteiger partial charge in [-0.05, 0) is 44.7 Å². The molecule has 2 heteroatoms. The maximum atomic E-state index is 3.72. The Bertz CT molecular complexity index is 219. The highest BCUT2D eigenvalue weighted by atomic mass is 15.2. The Labute approximate surface area is 101 Å². The Morgan fingerprint density at radius 1 is 1.19 bits per heavy atom. The summed E-state index contributed by atoms with van der Waals surface area (Å²) < 4.78 is 0. The molecule has 2 nitrogen and oxygen atoms in total. The second-order valence-electron chi connectivity index (χ2n) is 6.48. The second-order valence-corrected chi connectivity index (χ2v) is 6.48. The molecular weight excluding hydrogens is 196 g/mol. The van der Waals surface area contributed by atoms with Crippen molar-refractivity contribution in [3.63, 3.8) is 0 Å². The lowest BCUT2D eigenvalue weighted by atomic mass is 9.77. The van der Waals surface area contributed by atoms with Crippen molar-refractivity contribution >= 4 is 0 Å². The highest BCUT2D eigenvalue weighted by Gasteiger charge is 2.33. The number of hydrogen-bond donors (Lipinski definition) is 1. The summed E-state index contributed by atoms with van der Waals surface area (Å²) in [6.07, 6.45) is 8.44. The van der Waals surface area contributed by atoms with Crippen molar-refractivity contribution in [1.29, 1.82) is 0 Å². The fraction of sp³-hybridized carbons (Fsp3) is 1.00. The number of rotatable bonds is 3. The summed E-state index contributed by atoms with van der Waals surface area (Å²) in [6, 6.07) is 1.55. The second kappa shape index (κ2) is 5.05. The van der Waals surface area contributed by atoms with E-state index in [-0.39, 0.29) is 0 Å². The third kappa shape index (κ3) is 2.78. The maximum Gasteiger partial charge on any atom is 0.0246 e. The minimum Gasteiger partial charge on any atom is -0.312 e. The van der Waals surface area contributed by atoms with Crippen molar-refractivity contribution in [3.05, 3.63) is 0 Å². The Kier molecular flexibility index (Phi) is 3.91. The van der Waals surface area contributed by atoms with E-state index in [9.17, 15) is 0 Å². The Balaban J connectivity index is 1.87. The van der Waals surface area contributed by atoms with Gasteiger partial charge in [0.15, 0.2) is 0 Å². The van der Waals surface area contributed by atoms with Crippen LogP contribution in [0.15, 0.2) is 0 Å². The van der Waals surface area contributed by atoms with Gasteiger partial charge in [0.05, 0.1) is 0 Å². The molecule has 1 atom stereocenters. The van der Waals surface area contributed by atoms with Gasteiger partial charge in [-0.1, -0.05) is 26.7 Å². The molecule has 1 saturated carbocycles. The van der Waals surface area contributed by atoms with Crippen LogP contribution in [0.1, 0.15) is 52.4 Å². The van der Waals surface area contributed by atoms with E-state index in [4.69, 9.17) is 0 Å². The van der Waals surface area contributed by atoms with E-state index in [1.54, 1.807) is 0 Å². The zero-order valence-corrected chi connectivity index (χ0v) is 11.3. The zero-order valence-electron chi connectivity index (χ0n) is 11.3. The first-order valence-corrected chi connectivity index (χ1v) is 7.03. The molecule has 0 aromatic rings. The van der Waals surface area contributed by atoms with Crippen molar-refractivity contribution in [2.75, 3.05) is 20.1 Å². The molecule has 0 radical (unpaired) electrons. The third-order valence-electron chi connectivity index (χ3n) is 4.75. The van der Waals surface area contributed by atoms with E-state index in [1.165, 1.54) is 51.6 Å². The van der Waals surface area contributed by atoms with Gasteiger partial charge in [0.1, 0.15) is 0 Å². The topological polar surface area (TPSA) is 15.3 Å². The molecule has 1 saturated heterocycles. The van der Waals surface area contributed by atoms with Crippen LogP contribution in [-0.4, -0.2) is 37.1 Å². The molecule has 1 unspecified atom stereocenters. The van der Waals surface area contributed by atoms with Gasteiger partial charge in [-0.2, -0.15) is 0 Å². The maximum absolute atomic E-state index is 3.72. The summed E-state index contributed by atoms with van der Waals surface area (Å²) in [6.45, 7) is 7.29. The van der Waals surface area contributed by atoms with Crippen molar-refractivity contribution in [1.82, 2.24) is 10.2 Å². The molecule has 0 aromatic carbocycles. The molecule has 0 amide bonds. The molecule has 94 valence electrons. The lowest BCUT2D eigenvalue weighted by Crippen LogP contribution is -2.53. The molecular formula is C14H28N2. The molecule has 2 rings (SSSR count). The van der Waals surface area contributed by atoms with Crippen LogP contribution in [0.25, 0.3) is 0 Å². The Morgan fingerprint density at radius 2 is 1.88 bits per heavy atom. The SMILES string of the molecule is CN(CC1NCCCC1(C)C)C1CCCC1. The molecule has 2 aliphatic rings. The fourth-order valence-corrected chi connectivity index (χ4v) is 3.36. The predicted molar refractivity (Wildman–Crippen MR) is 69.7 cm³/mol. The van der Waals surface area contributed by atoms with Gasteiger partial charge in [-0.15, -0.1) is 0 Å². The zero-order chi connectivity index (χ0) is 11.6. The summed E-state index contributed by atoms with van der Waals surface area (Å²) in [4.78, 5) is 2.61. The first kappa shape index (κ1) is 12.4. The van der Waals surface area contributed by atoms with Gasteiger partial charge < -0.3 is 10.2 Å². The van der Waals surface area contributed by atoms with E-state index in [0.717, 1.165) is 6.04 Å². The smallest absolute Gasteiger partial charge is 0.0246 e. The van der Waals surface area contributed by atoms with E-state index >= 15 is 0 Å². The van der Waals surface area contributed by atoms with Gasteiger partial charge in [0.25, 0.3) is 0 Å². The molecule has 1 heterocycles. The summed E-state index contributed by atoms with van der Waals surface area (Å²) in [7, 11) is 2.32. The Morgan fingerprint density at radius 3 is 2.50 bits per heavy atom. The van der Waals surface area contributed by atoms with Crippen LogP contribution >= 0.6 is 0 Å². The highest BCUT2D eigenvalue weighted by Crippen LogP contribution is 2.31. The molecule has 0 aromatic heterocycles. The van der Waals surface area contributed by atoms with Crippen molar-refractivity contribution in [2.45, 2.75) is 64.5 Å². The standard InChI is InChI=1S/C14H28N2/c1-14(2)9-6-10-15-13(14)11-16(3)12-7-4-5-8-12/h12-13,15H,4-11H2,1-3H3. The molecule has 1 N–H and O–H groups in total. The van der Waals surface area contributed by atoms with Gasteiger partial charge >= 0.3 is 0 Å². The van der Waals surface area contributed by atoms with Crippen LogP contribution in [0, 0.1) is 5.41 Å². The number of nitrogens with zero attached hydrogens (tertiary/aromatic N) is 1. The Hall–Kier alpha value is -0.0800. The molecule has 0 spiro atoms. The van der Waals surface area contributed by atoms with Crippen LogP contribution < -0.4 is 5.32 Å². The summed E-state index contributed by atoms with van der Waals surface area (Å²) in [5, 5.41) is 3.72. The molecule has 1 aliphatic carbocycles. The lowest BCUT2D eigenvalue weighted by molar-refractivity contribution is 0.119. The van der Waals surface area contributed by atoms with E-state index < -0.39 is 0 Å². The van der Waals surface area contributed by atoms with Crippen molar-refractivity contribution in [3.8, 4) is 0 Å². The monoisotopic (exact) mass is 224 g/mol. The summed E-state index contributed by atoms with van der Waals surface area (Å²) >= 11 is 0. The predicted octanol–water partition coefficient (Wildman–Crippen LogP) is 2.64. The normalized spacial score (nSPS) is 31.1. The number of likely N-dealkylation sites (N-methyl/N-ethyl adjacent to an activating group) is 1. The van der Waals surface area contributed by atoms with Crippen LogP contribution in [0.5, 0.6) is 0 Å². The molecule has 2 fully saturated rings. The third-order valence-corrected chi connectivity index (χ3v) is 4.75. The molecule has 16 heavy (non-hydrogen) atoms. The van der Waals surface area contributed by atoms with E-state index in [1.807, 2.05) is 0 Å². The largest absolute Gasteiger partial charge is 0.312 e. The summed E-state index contributed by atoms with van der Waals surface area (Å²) in [5.41, 5.74) is 0.477. The van der Waals surface area contributed by atoms with Crippen molar-refractivity contribution in [2.24, 2.45) is 5.41 Å². The average Bonchev–Trinajstić information content (AvgIpc) is 2.74. The first-order valence-electron chi connectivity index (χ1n) is 7.03. The number of nitrogens with one attached hydrogen (secondary N) is 1. The van der Waals surface area contributed by atoms with Crippen LogP contribution in [-0.2, 0) is 0 Å². The fourth-order valence-electron chi connectivity index (χ4n) is 3.36. The molecule has 0 bridgehead atoms. The minimum absolute atomic E-state index is 0.477. The van der Waals surface area contributed by atoms with Gasteiger partial charge in [-0.25, -0.2) is 0 Å². The minimum atomic E-state index is 0.477. The van der Waals surface area contributed by atoms with E-state index in [2.05, 4.69) is 31.1 Å². The van der Waals surface area contributed by atoms with Crippen LogP contribution in [0.3, 0.4) is 0 Å². The van der Waals surface area contributed by atoms with Gasteiger partial charge in [0.2, 0.25) is 0 Å². The van der Waals surface area contributed by atoms with Crippen LogP contribution in [0.4, 0.5) is 0 Å². The van der Waals surface area contributed by atoms with E-state index in [0.29, 0.717) is 11.5 Å². The molecule has 1 aliphatic heterocycles. The van der Waals surface area contributed by atoms with Gasteiger partial charge in [-0.3, -0.25) is 0 Å². The van der Waals surface area contributed by atoms with Crippen LogP contribution in [0.2, 0.25) is 0 Å². The van der Waals surface area contributed by atoms with Gasteiger partial charge in [0, 0.05) is 18.6 Å². The quantitative estimate of drug-likeness (QED) is 0.793. The lowest BCUT2D eigenvalue weighted by Gasteiger charge is -2.42. The first-order chi connectivity index (χ1) is 7.59. The average molecular weight is 224 g/mol. The number of hydrogen-bond acceptors (Lipinski definition) is 2. The summed E-state index contributed by atoms with van der Waals surface area (Å²) in [5.74, 6) is 0. The highest BCUT2D eigenvalue weighted by molar-refractivity contribution is 4.91. The number of piperidine rings is 1.